The predicted octanol–water partition coefficient (Wildman–Crippen LogP) is 4.17. The van der Waals surface area contributed by atoms with Crippen LogP contribution in [0.4, 0.5) is 0 Å². The van der Waals surface area contributed by atoms with E-state index >= 15 is 0 Å². The van der Waals surface area contributed by atoms with E-state index in [-0.39, 0.29) is 6.04 Å². The number of hydrogen-bond acceptors (Lipinski definition) is 2. The lowest BCUT2D eigenvalue weighted by Gasteiger charge is -2.04. The van der Waals surface area contributed by atoms with Gasteiger partial charge in [0.2, 0.25) is 0 Å². The van der Waals surface area contributed by atoms with Crippen molar-refractivity contribution in [3.8, 4) is 0 Å². The van der Waals surface area contributed by atoms with Gasteiger partial charge in [0.25, 0.3) is 0 Å². The number of nitrogens with one attached hydrogen (secondary N) is 1. The van der Waals surface area contributed by atoms with Crippen LogP contribution in [0.3, 0.4) is 0 Å². The Balaban J connectivity index is 2.11. The van der Waals surface area contributed by atoms with Gasteiger partial charge in [0, 0.05) is 0 Å². The van der Waals surface area contributed by atoms with Crippen LogP contribution >= 0.6 is 0 Å². The van der Waals surface area contributed by atoms with E-state index in [1.807, 2.05) is 0 Å². The van der Waals surface area contributed by atoms with Crippen LogP contribution < -0.4 is 5.32 Å². The van der Waals surface area contributed by atoms with Crippen LogP contribution in [0.1, 0.15) is 64.7 Å². The monoisotopic (exact) mass is 263 g/mol. The van der Waals surface area contributed by atoms with E-state index in [1.54, 1.807) is 0 Å². The number of rotatable bonds is 9. The van der Waals surface area contributed by atoms with E-state index in [1.165, 1.54) is 50.5 Å². The van der Waals surface area contributed by atoms with Gasteiger partial charge in [0.1, 0.15) is 6.29 Å². The van der Waals surface area contributed by atoms with Crippen LogP contribution in [0.25, 0.3) is 0 Å². The number of allylic oxidation sites excluding steroid dienone is 2. The molecule has 0 aliphatic carbocycles. The van der Waals surface area contributed by atoms with Crippen LogP contribution in [0.5, 0.6) is 0 Å². The van der Waals surface area contributed by atoms with Crippen LogP contribution in [0.2, 0.25) is 0 Å². The zero-order valence-corrected chi connectivity index (χ0v) is 12.4. The summed E-state index contributed by atoms with van der Waals surface area (Å²) in [6.45, 7) is 3.17. The molecule has 0 bridgehead atoms. The highest BCUT2D eigenvalue weighted by Gasteiger charge is 2.08. The molecule has 1 aliphatic rings. The minimum atomic E-state index is 0.0180. The Morgan fingerprint density at radius 1 is 1.26 bits per heavy atom. The van der Waals surface area contributed by atoms with E-state index in [0.29, 0.717) is 0 Å². The number of carbonyl (C=O) groups excluding carboxylic acids is 1. The average molecular weight is 263 g/mol. The van der Waals surface area contributed by atoms with Crippen molar-refractivity contribution in [1.82, 2.24) is 5.32 Å². The summed E-state index contributed by atoms with van der Waals surface area (Å²) in [5, 5.41) is 3.24. The Morgan fingerprint density at radius 3 is 2.84 bits per heavy atom. The third-order valence-corrected chi connectivity index (χ3v) is 3.67. The van der Waals surface area contributed by atoms with Gasteiger partial charge in [0.05, 0.1) is 6.04 Å². The van der Waals surface area contributed by atoms with Gasteiger partial charge in [-0.3, -0.25) is 0 Å². The lowest BCUT2D eigenvalue weighted by molar-refractivity contribution is -0.109. The largest absolute Gasteiger partial charge is 0.307 e. The molecule has 2 heteroatoms. The molecular formula is C17H29NO. The van der Waals surface area contributed by atoms with Gasteiger partial charge in [0.15, 0.2) is 0 Å². The molecule has 0 fully saturated rings. The normalized spacial score (nSPS) is 20.3. The molecule has 108 valence electrons. The molecule has 0 aromatic heterocycles. The maximum Gasteiger partial charge on any atom is 0.137 e. The van der Waals surface area contributed by atoms with E-state index in [0.717, 1.165) is 25.7 Å². The predicted molar refractivity (Wildman–Crippen MR) is 82.3 cm³/mol. The summed E-state index contributed by atoms with van der Waals surface area (Å²) >= 11 is 0. The van der Waals surface area contributed by atoms with Crippen molar-refractivity contribution in [2.75, 3.05) is 6.54 Å². The summed E-state index contributed by atoms with van der Waals surface area (Å²) in [4.78, 5) is 10.7. The lowest BCUT2D eigenvalue weighted by atomic mass is 10.1. The highest BCUT2D eigenvalue weighted by molar-refractivity contribution is 5.58. The molecule has 0 saturated heterocycles. The van der Waals surface area contributed by atoms with Crippen LogP contribution in [-0.4, -0.2) is 18.9 Å². The minimum absolute atomic E-state index is 0.0180. The van der Waals surface area contributed by atoms with Gasteiger partial charge < -0.3 is 10.1 Å². The molecule has 1 rings (SSSR count). The number of aldehydes is 1. The molecule has 1 heterocycles. The molecule has 1 unspecified atom stereocenters. The standard InChI is InChI=1S/C17H29NO/c1-2-3-4-5-6-7-8-9-10-16-11-12-17(15-19)18-14-13-16/h9-11,15,17-18H,2-8,12-14H2,1H3/b10-9+. The Morgan fingerprint density at radius 2 is 2.05 bits per heavy atom. The zero-order valence-electron chi connectivity index (χ0n) is 12.4. The summed E-state index contributed by atoms with van der Waals surface area (Å²) in [5.41, 5.74) is 1.38. The first-order chi connectivity index (χ1) is 9.36. The van der Waals surface area contributed by atoms with Crippen molar-refractivity contribution < 1.29 is 4.79 Å². The fourth-order valence-corrected chi connectivity index (χ4v) is 2.40. The second-order valence-electron chi connectivity index (χ2n) is 5.42. The molecule has 0 aromatic carbocycles. The summed E-state index contributed by atoms with van der Waals surface area (Å²) in [6.07, 6.45) is 19.0. The van der Waals surface area contributed by atoms with Gasteiger partial charge in [-0.1, -0.05) is 62.8 Å². The zero-order chi connectivity index (χ0) is 13.8. The topological polar surface area (TPSA) is 29.1 Å². The summed E-state index contributed by atoms with van der Waals surface area (Å²) in [7, 11) is 0. The van der Waals surface area contributed by atoms with E-state index in [2.05, 4.69) is 30.5 Å². The van der Waals surface area contributed by atoms with Gasteiger partial charge >= 0.3 is 0 Å². The number of hydrogen-bond donors (Lipinski definition) is 1. The summed E-state index contributed by atoms with van der Waals surface area (Å²) in [6, 6.07) is 0.0180. The quantitative estimate of drug-likeness (QED) is 0.499. The summed E-state index contributed by atoms with van der Waals surface area (Å²) in [5.74, 6) is 0. The Bertz CT molecular complexity index is 294. The van der Waals surface area contributed by atoms with Crippen molar-refractivity contribution in [3.63, 3.8) is 0 Å². The molecule has 1 N–H and O–H groups in total. The second kappa shape index (κ2) is 11.0. The minimum Gasteiger partial charge on any atom is -0.307 e. The molecule has 0 spiro atoms. The molecule has 0 amide bonds. The Hall–Kier alpha value is -0.890. The van der Waals surface area contributed by atoms with E-state index in [4.69, 9.17) is 0 Å². The van der Waals surface area contributed by atoms with Crippen molar-refractivity contribution in [2.24, 2.45) is 0 Å². The number of carbonyl (C=O) groups is 1. The van der Waals surface area contributed by atoms with Gasteiger partial charge in [-0.25, -0.2) is 0 Å². The first-order valence-electron chi connectivity index (χ1n) is 7.91. The number of unbranched alkanes of at least 4 members (excludes halogenated alkanes) is 6. The van der Waals surface area contributed by atoms with Crippen molar-refractivity contribution in [1.29, 1.82) is 0 Å². The molecule has 2 nitrogen and oxygen atoms in total. The average Bonchev–Trinajstić information content (AvgIpc) is 2.67. The third-order valence-electron chi connectivity index (χ3n) is 3.67. The van der Waals surface area contributed by atoms with E-state index < -0.39 is 0 Å². The first kappa shape index (κ1) is 16.2. The molecule has 1 atom stereocenters. The van der Waals surface area contributed by atoms with Crippen LogP contribution in [0, 0.1) is 0 Å². The molecular weight excluding hydrogens is 234 g/mol. The van der Waals surface area contributed by atoms with Crippen LogP contribution in [0.15, 0.2) is 23.8 Å². The Labute approximate surface area is 118 Å². The maximum atomic E-state index is 10.7. The van der Waals surface area contributed by atoms with Gasteiger partial charge in [-0.2, -0.15) is 0 Å². The second-order valence-corrected chi connectivity index (χ2v) is 5.42. The fourth-order valence-electron chi connectivity index (χ4n) is 2.40. The summed E-state index contributed by atoms with van der Waals surface area (Å²) < 4.78 is 0. The molecule has 1 aliphatic heterocycles. The third kappa shape index (κ3) is 7.99. The Kier molecular flexibility index (Phi) is 9.34. The van der Waals surface area contributed by atoms with Crippen molar-refractivity contribution in [3.05, 3.63) is 23.8 Å². The van der Waals surface area contributed by atoms with Crippen molar-refractivity contribution >= 4 is 6.29 Å². The van der Waals surface area contributed by atoms with Crippen LogP contribution in [-0.2, 0) is 4.79 Å². The maximum absolute atomic E-state index is 10.7. The smallest absolute Gasteiger partial charge is 0.137 e. The molecule has 0 aromatic rings. The highest BCUT2D eigenvalue weighted by Crippen LogP contribution is 2.12. The lowest BCUT2D eigenvalue weighted by Crippen LogP contribution is -2.29. The SMILES string of the molecule is CCCCCCCC/C=C/C1=CCC(C=O)NCC1. The van der Waals surface area contributed by atoms with E-state index in [9.17, 15) is 4.79 Å². The molecule has 0 radical (unpaired) electrons. The van der Waals surface area contributed by atoms with Gasteiger partial charge in [-0.05, 0) is 32.2 Å². The molecule has 19 heavy (non-hydrogen) atoms. The highest BCUT2D eigenvalue weighted by atomic mass is 16.1. The van der Waals surface area contributed by atoms with Gasteiger partial charge in [-0.15, -0.1) is 0 Å². The van der Waals surface area contributed by atoms with Crippen molar-refractivity contribution in [2.45, 2.75) is 70.8 Å². The molecule has 0 saturated carbocycles. The fraction of sp³-hybridized carbons (Fsp3) is 0.706. The first-order valence-corrected chi connectivity index (χ1v) is 7.91.